The zero-order valence-corrected chi connectivity index (χ0v) is 10.9. The van der Waals surface area contributed by atoms with Crippen molar-refractivity contribution in [2.24, 2.45) is 5.92 Å². The van der Waals surface area contributed by atoms with Gasteiger partial charge in [0.15, 0.2) is 0 Å². The summed E-state index contributed by atoms with van der Waals surface area (Å²) in [6, 6.07) is 1.47. The first-order valence-electron chi connectivity index (χ1n) is 6.33. The van der Waals surface area contributed by atoms with Crippen LogP contribution in [0, 0.1) is 27.7 Å². The monoisotopic (exact) mass is 284 g/mol. The van der Waals surface area contributed by atoms with Crippen LogP contribution in [0.2, 0.25) is 0 Å². The molecule has 0 atom stereocenters. The van der Waals surface area contributed by atoms with Crippen molar-refractivity contribution in [3.05, 3.63) is 39.4 Å². The number of rotatable bonds is 2. The van der Waals surface area contributed by atoms with Gasteiger partial charge in [-0.3, -0.25) is 14.9 Å². The Morgan fingerprint density at radius 2 is 1.95 bits per heavy atom. The lowest BCUT2D eigenvalue weighted by molar-refractivity contribution is -0.387. The Balaban J connectivity index is 2.34. The van der Waals surface area contributed by atoms with Gasteiger partial charge in [-0.25, -0.2) is 4.39 Å². The first-order valence-corrected chi connectivity index (χ1v) is 6.33. The zero-order chi connectivity index (χ0) is 14.9. The number of carbonyl (C=O) groups is 1. The van der Waals surface area contributed by atoms with Crippen LogP contribution in [0.1, 0.15) is 30.1 Å². The number of halogens is 2. The number of likely N-dealkylation sites (tertiary alicyclic amines) is 1. The summed E-state index contributed by atoms with van der Waals surface area (Å²) in [5.41, 5.74) is -1.73. The smallest absolute Gasteiger partial charge is 0.305 e. The molecule has 0 spiro atoms. The van der Waals surface area contributed by atoms with Gasteiger partial charge >= 0.3 is 5.69 Å². The highest BCUT2D eigenvalue weighted by atomic mass is 19.1. The summed E-state index contributed by atoms with van der Waals surface area (Å²) in [6.45, 7) is 2.85. The van der Waals surface area contributed by atoms with Gasteiger partial charge in [-0.15, -0.1) is 0 Å². The molecular formula is C13H14F2N2O3. The Labute approximate surface area is 114 Å². The van der Waals surface area contributed by atoms with Crippen LogP contribution in [0.3, 0.4) is 0 Å². The summed E-state index contributed by atoms with van der Waals surface area (Å²) in [5, 5.41) is 10.6. The molecule has 5 nitrogen and oxygen atoms in total. The van der Waals surface area contributed by atoms with E-state index in [1.165, 1.54) is 4.90 Å². The lowest BCUT2D eigenvalue weighted by atomic mass is 9.98. The average Bonchev–Trinajstić information content (AvgIpc) is 2.38. The Morgan fingerprint density at radius 1 is 1.35 bits per heavy atom. The highest BCUT2D eigenvalue weighted by Crippen LogP contribution is 2.26. The predicted octanol–water partition coefficient (Wildman–Crippen LogP) is 2.75. The van der Waals surface area contributed by atoms with E-state index in [-0.39, 0.29) is 0 Å². The van der Waals surface area contributed by atoms with Gasteiger partial charge in [0, 0.05) is 19.2 Å². The van der Waals surface area contributed by atoms with E-state index in [0.29, 0.717) is 19.0 Å². The van der Waals surface area contributed by atoms with Crippen LogP contribution in [0.25, 0.3) is 0 Å². The number of nitro benzene ring substituents is 1. The van der Waals surface area contributed by atoms with E-state index >= 15 is 0 Å². The number of amides is 1. The topological polar surface area (TPSA) is 63.5 Å². The number of benzene rings is 1. The summed E-state index contributed by atoms with van der Waals surface area (Å²) < 4.78 is 27.6. The predicted molar refractivity (Wildman–Crippen MR) is 67.3 cm³/mol. The third-order valence-corrected chi connectivity index (χ3v) is 3.55. The van der Waals surface area contributed by atoms with Crippen molar-refractivity contribution in [2.45, 2.75) is 19.8 Å². The molecule has 108 valence electrons. The van der Waals surface area contributed by atoms with Gasteiger partial charge in [0.1, 0.15) is 11.4 Å². The molecule has 0 aromatic heterocycles. The molecule has 7 heteroatoms. The Bertz CT molecular complexity index is 555. The van der Waals surface area contributed by atoms with Crippen molar-refractivity contribution in [1.29, 1.82) is 0 Å². The quantitative estimate of drug-likeness (QED) is 0.619. The minimum Gasteiger partial charge on any atom is -0.338 e. The van der Waals surface area contributed by atoms with Crippen LogP contribution >= 0.6 is 0 Å². The number of hydrogen-bond donors (Lipinski definition) is 0. The molecule has 20 heavy (non-hydrogen) atoms. The first-order chi connectivity index (χ1) is 9.41. The normalized spacial score (nSPS) is 16.2. The number of hydrogen-bond acceptors (Lipinski definition) is 3. The summed E-state index contributed by atoms with van der Waals surface area (Å²) in [5.74, 6) is -2.84. The Morgan fingerprint density at radius 3 is 2.50 bits per heavy atom. The van der Waals surface area contributed by atoms with Crippen LogP contribution in [0.5, 0.6) is 0 Å². The standard InChI is InChI=1S/C13H14F2N2O3/c1-8-4-6-16(7-5-8)13(18)11-9(14)2-3-10(12(11)15)17(19)20/h2-3,8H,4-7H2,1H3. The van der Waals surface area contributed by atoms with Crippen molar-refractivity contribution in [1.82, 2.24) is 4.90 Å². The zero-order valence-electron chi connectivity index (χ0n) is 10.9. The Kier molecular flexibility index (Phi) is 3.96. The molecule has 0 radical (unpaired) electrons. The van der Waals surface area contributed by atoms with Crippen molar-refractivity contribution in [3.63, 3.8) is 0 Å². The lowest BCUT2D eigenvalue weighted by Crippen LogP contribution is -2.38. The van der Waals surface area contributed by atoms with E-state index in [1.54, 1.807) is 0 Å². The van der Waals surface area contributed by atoms with E-state index in [9.17, 15) is 23.7 Å². The first kappa shape index (κ1) is 14.4. The molecule has 1 aliphatic heterocycles. The maximum Gasteiger partial charge on any atom is 0.305 e. The molecule has 0 bridgehead atoms. The molecule has 1 heterocycles. The molecular weight excluding hydrogens is 270 g/mol. The number of piperidine rings is 1. The van der Waals surface area contributed by atoms with Gasteiger partial charge in [-0.2, -0.15) is 4.39 Å². The average molecular weight is 284 g/mol. The van der Waals surface area contributed by atoms with E-state index in [1.807, 2.05) is 6.92 Å². The fourth-order valence-electron chi connectivity index (χ4n) is 2.25. The number of nitrogens with zero attached hydrogens (tertiary/aromatic N) is 2. The van der Waals surface area contributed by atoms with Gasteiger partial charge in [0.2, 0.25) is 5.82 Å². The van der Waals surface area contributed by atoms with Crippen LogP contribution in [0.4, 0.5) is 14.5 Å². The minimum absolute atomic E-state index is 0.404. The highest BCUT2D eigenvalue weighted by Gasteiger charge is 2.30. The van der Waals surface area contributed by atoms with Crippen molar-refractivity contribution in [3.8, 4) is 0 Å². The number of carbonyl (C=O) groups excluding carboxylic acids is 1. The molecule has 0 N–H and O–H groups in total. The molecule has 1 aromatic rings. The maximum atomic E-state index is 13.9. The Hall–Kier alpha value is -2.05. The number of nitro groups is 1. The van der Waals surface area contributed by atoms with Crippen LogP contribution in [-0.2, 0) is 0 Å². The fraction of sp³-hybridized carbons (Fsp3) is 0.462. The molecule has 0 unspecified atom stereocenters. The third kappa shape index (κ3) is 2.61. The summed E-state index contributed by atoms with van der Waals surface area (Å²) >= 11 is 0. The molecule has 2 rings (SSSR count). The van der Waals surface area contributed by atoms with Gasteiger partial charge in [0.05, 0.1) is 4.92 Å². The highest BCUT2D eigenvalue weighted by molar-refractivity contribution is 5.95. The summed E-state index contributed by atoms with van der Waals surface area (Å²) in [4.78, 5) is 23.2. The van der Waals surface area contributed by atoms with Crippen molar-refractivity contribution in [2.75, 3.05) is 13.1 Å². The second-order valence-corrected chi connectivity index (χ2v) is 4.99. The van der Waals surface area contributed by atoms with Crippen LogP contribution in [-0.4, -0.2) is 28.8 Å². The molecule has 1 amide bonds. The van der Waals surface area contributed by atoms with Gasteiger partial charge in [-0.05, 0) is 24.8 Å². The van der Waals surface area contributed by atoms with E-state index in [2.05, 4.69) is 0 Å². The minimum atomic E-state index is -1.40. The second-order valence-electron chi connectivity index (χ2n) is 4.99. The van der Waals surface area contributed by atoms with E-state index in [4.69, 9.17) is 0 Å². The van der Waals surface area contributed by atoms with Crippen LogP contribution in [0.15, 0.2) is 12.1 Å². The maximum absolute atomic E-state index is 13.9. The van der Waals surface area contributed by atoms with Crippen molar-refractivity contribution >= 4 is 11.6 Å². The third-order valence-electron chi connectivity index (χ3n) is 3.55. The van der Waals surface area contributed by atoms with Gasteiger partial charge in [0.25, 0.3) is 5.91 Å². The molecule has 0 aliphatic carbocycles. The van der Waals surface area contributed by atoms with Crippen LogP contribution < -0.4 is 0 Å². The second kappa shape index (κ2) is 5.52. The van der Waals surface area contributed by atoms with Crippen molar-refractivity contribution < 1.29 is 18.5 Å². The van der Waals surface area contributed by atoms with E-state index in [0.717, 1.165) is 25.0 Å². The van der Waals surface area contributed by atoms with E-state index < -0.39 is 33.7 Å². The van der Waals surface area contributed by atoms with Gasteiger partial charge < -0.3 is 4.90 Å². The molecule has 1 fully saturated rings. The molecule has 1 aliphatic rings. The molecule has 1 saturated heterocycles. The molecule has 1 aromatic carbocycles. The summed E-state index contributed by atoms with van der Waals surface area (Å²) in [7, 11) is 0. The summed E-state index contributed by atoms with van der Waals surface area (Å²) in [6.07, 6.45) is 1.51. The molecule has 0 saturated carbocycles. The van der Waals surface area contributed by atoms with Gasteiger partial charge in [-0.1, -0.05) is 6.92 Å². The fourth-order valence-corrected chi connectivity index (χ4v) is 2.25. The largest absolute Gasteiger partial charge is 0.338 e. The lowest BCUT2D eigenvalue weighted by Gasteiger charge is -2.30. The SMILES string of the molecule is CC1CCN(C(=O)c2c(F)ccc([N+](=O)[O-])c2F)CC1.